The zero-order valence-corrected chi connectivity index (χ0v) is 12.6. The molecule has 0 saturated heterocycles. The summed E-state index contributed by atoms with van der Waals surface area (Å²) in [6.07, 6.45) is -0.822. The fraction of sp³-hybridized carbons (Fsp3) is 0.158. The second kappa shape index (κ2) is 6.08. The monoisotopic (exact) mass is 294 g/mol. The molecule has 112 valence electrons. The van der Waals surface area contributed by atoms with Crippen LogP contribution >= 0.6 is 0 Å². The number of rotatable bonds is 4. The molecule has 3 aromatic rings. The molecule has 0 heterocycles. The summed E-state index contributed by atoms with van der Waals surface area (Å²) < 4.78 is 10.8. The van der Waals surface area contributed by atoms with Gasteiger partial charge in [0, 0.05) is 11.1 Å². The topological polar surface area (TPSA) is 38.7 Å². The van der Waals surface area contributed by atoms with Gasteiger partial charge in [0.25, 0.3) is 0 Å². The molecule has 3 rings (SSSR count). The molecule has 0 aliphatic carbocycles. The number of aliphatic hydroxyl groups excluding tert-OH is 1. The number of fused-ring (bicyclic) bond motifs is 1. The standard InChI is InChI=1S/C19H18O3/c1-21-16-10-6-5-9-15(16)19(20)18-14-8-4-3-7-13(14)11-12-17(18)22-2/h3-12,19-20H,1-2H3. The lowest BCUT2D eigenvalue weighted by Gasteiger charge is -2.19. The second-order valence-corrected chi connectivity index (χ2v) is 5.05. The van der Waals surface area contributed by atoms with Crippen molar-refractivity contribution < 1.29 is 14.6 Å². The summed E-state index contributed by atoms with van der Waals surface area (Å²) in [6.45, 7) is 0. The van der Waals surface area contributed by atoms with Gasteiger partial charge < -0.3 is 14.6 Å². The average molecular weight is 294 g/mol. The maximum absolute atomic E-state index is 11.0. The summed E-state index contributed by atoms with van der Waals surface area (Å²) >= 11 is 0. The predicted molar refractivity (Wildman–Crippen MR) is 87.6 cm³/mol. The van der Waals surface area contributed by atoms with Crippen molar-refractivity contribution in [2.24, 2.45) is 0 Å². The Kier molecular flexibility index (Phi) is 3.98. The van der Waals surface area contributed by atoms with E-state index in [1.54, 1.807) is 14.2 Å². The van der Waals surface area contributed by atoms with Crippen molar-refractivity contribution >= 4 is 10.8 Å². The number of ether oxygens (including phenoxy) is 2. The van der Waals surface area contributed by atoms with Gasteiger partial charge in [0.05, 0.1) is 14.2 Å². The SMILES string of the molecule is COc1ccccc1C(O)c1c(OC)ccc2ccccc12. The van der Waals surface area contributed by atoms with Gasteiger partial charge in [0.1, 0.15) is 17.6 Å². The van der Waals surface area contributed by atoms with Crippen LogP contribution in [0.4, 0.5) is 0 Å². The quantitative estimate of drug-likeness (QED) is 0.792. The number of benzene rings is 3. The fourth-order valence-electron chi connectivity index (χ4n) is 2.78. The molecule has 1 N–H and O–H groups in total. The molecule has 0 saturated carbocycles. The first-order chi connectivity index (χ1) is 10.8. The Labute approximate surface area is 129 Å². The van der Waals surface area contributed by atoms with Crippen LogP contribution in [0.2, 0.25) is 0 Å². The van der Waals surface area contributed by atoms with Gasteiger partial charge in [0.2, 0.25) is 0 Å². The lowest BCUT2D eigenvalue weighted by molar-refractivity contribution is 0.211. The normalized spacial score (nSPS) is 12.1. The highest BCUT2D eigenvalue weighted by molar-refractivity contribution is 5.88. The van der Waals surface area contributed by atoms with E-state index in [1.165, 1.54) is 0 Å². The fourth-order valence-corrected chi connectivity index (χ4v) is 2.78. The van der Waals surface area contributed by atoms with Crippen molar-refractivity contribution in [3.8, 4) is 11.5 Å². The number of hydrogen-bond acceptors (Lipinski definition) is 3. The largest absolute Gasteiger partial charge is 0.496 e. The summed E-state index contributed by atoms with van der Waals surface area (Å²) in [7, 11) is 3.22. The van der Waals surface area contributed by atoms with Gasteiger partial charge in [-0.05, 0) is 22.9 Å². The van der Waals surface area contributed by atoms with Crippen molar-refractivity contribution in [3.63, 3.8) is 0 Å². The predicted octanol–water partition coefficient (Wildman–Crippen LogP) is 3.94. The Morgan fingerprint density at radius 1 is 0.773 bits per heavy atom. The Bertz CT molecular complexity index is 796. The average Bonchev–Trinajstić information content (AvgIpc) is 2.60. The first-order valence-electron chi connectivity index (χ1n) is 7.13. The zero-order valence-electron chi connectivity index (χ0n) is 12.6. The molecule has 0 radical (unpaired) electrons. The van der Waals surface area contributed by atoms with E-state index in [9.17, 15) is 5.11 Å². The van der Waals surface area contributed by atoms with Crippen molar-refractivity contribution in [2.75, 3.05) is 14.2 Å². The third-order valence-electron chi connectivity index (χ3n) is 3.86. The molecule has 3 aromatic carbocycles. The minimum absolute atomic E-state index is 0.657. The Balaban J connectivity index is 2.24. The number of para-hydroxylation sites is 1. The van der Waals surface area contributed by atoms with E-state index < -0.39 is 6.10 Å². The van der Waals surface area contributed by atoms with E-state index in [4.69, 9.17) is 9.47 Å². The molecule has 0 spiro atoms. The highest BCUT2D eigenvalue weighted by Gasteiger charge is 2.21. The van der Waals surface area contributed by atoms with Gasteiger partial charge in [-0.3, -0.25) is 0 Å². The van der Waals surface area contributed by atoms with Crippen molar-refractivity contribution in [3.05, 3.63) is 71.8 Å². The van der Waals surface area contributed by atoms with Gasteiger partial charge in [0.15, 0.2) is 0 Å². The van der Waals surface area contributed by atoms with E-state index in [2.05, 4.69) is 0 Å². The third kappa shape index (κ3) is 2.40. The molecule has 1 atom stereocenters. The summed E-state index contributed by atoms with van der Waals surface area (Å²) in [5.41, 5.74) is 1.48. The molecule has 0 aromatic heterocycles. The van der Waals surface area contributed by atoms with E-state index in [0.29, 0.717) is 11.5 Å². The molecular weight excluding hydrogens is 276 g/mol. The van der Waals surface area contributed by atoms with Crippen LogP contribution < -0.4 is 9.47 Å². The van der Waals surface area contributed by atoms with Crippen LogP contribution in [0.3, 0.4) is 0 Å². The van der Waals surface area contributed by atoms with Crippen LogP contribution in [0, 0.1) is 0 Å². The first kappa shape index (κ1) is 14.4. The maximum atomic E-state index is 11.0. The third-order valence-corrected chi connectivity index (χ3v) is 3.86. The minimum atomic E-state index is -0.822. The minimum Gasteiger partial charge on any atom is -0.496 e. The van der Waals surface area contributed by atoms with Crippen molar-refractivity contribution in [2.45, 2.75) is 6.10 Å². The molecule has 3 nitrogen and oxygen atoms in total. The molecular formula is C19H18O3. The van der Waals surface area contributed by atoms with Crippen LogP contribution in [0.1, 0.15) is 17.2 Å². The molecule has 1 unspecified atom stereocenters. The molecule has 0 aliphatic heterocycles. The van der Waals surface area contributed by atoms with E-state index in [-0.39, 0.29) is 0 Å². The molecule has 0 aliphatic rings. The van der Waals surface area contributed by atoms with Crippen LogP contribution in [0.15, 0.2) is 60.7 Å². The van der Waals surface area contributed by atoms with E-state index in [1.807, 2.05) is 60.7 Å². The number of hydrogen-bond donors (Lipinski definition) is 1. The van der Waals surface area contributed by atoms with Crippen molar-refractivity contribution in [1.29, 1.82) is 0 Å². The van der Waals surface area contributed by atoms with E-state index in [0.717, 1.165) is 21.9 Å². The molecule has 0 amide bonds. The summed E-state index contributed by atoms with van der Waals surface area (Å²) in [6, 6.07) is 19.3. The van der Waals surface area contributed by atoms with Crippen LogP contribution in [0.5, 0.6) is 11.5 Å². The van der Waals surface area contributed by atoms with Gasteiger partial charge >= 0.3 is 0 Å². The number of methoxy groups -OCH3 is 2. The van der Waals surface area contributed by atoms with Gasteiger partial charge in [-0.2, -0.15) is 0 Å². The number of aliphatic hydroxyl groups is 1. The zero-order chi connectivity index (χ0) is 15.5. The molecule has 3 heteroatoms. The lowest BCUT2D eigenvalue weighted by Crippen LogP contribution is -2.05. The highest BCUT2D eigenvalue weighted by atomic mass is 16.5. The van der Waals surface area contributed by atoms with Gasteiger partial charge in [-0.1, -0.05) is 48.5 Å². The summed E-state index contributed by atoms with van der Waals surface area (Å²) in [5, 5.41) is 13.0. The molecule has 22 heavy (non-hydrogen) atoms. The van der Waals surface area contributed by atoms with E-state index >= 15 is 0 Å². The first-order valence-corrected chi connectivity index (χ1v) is 7.13. The van der Waals surface area contributed by atoms with Crippen LogP contribution in [0.25, 0.3) is 10.8 Å². The maximum Gasteiger partial charge on any atom is 0.125 e. The van der Waals surface area contributed by atoms with Crippen LogP contribution in [-0.2, 0) is 0 Å². The van der Waals surface area contributed by atoms with Gasteiger partial charge in [-0.25, -0.2) is 0 Å². The lowest BCUT2D eigenvalue weighted by atomic mass is 9.94. The van der Waals surface area contributed by atoms with Crippen LogP contribution in [-0.4, -0.2) is 19.3 Å². The Hall–Kier alpha value is -2.52. The van der Waals surface area contributed by atoms with Crippen molar-refractivity contribution in [1.82, 2.24) is 0 Å². The Morgan fingerprint density at radius 2 is 1.45 bits per heavy atom. The summed E-state index contributed by atoms with van der Waals surface area (Å²) in [4.78, 5) is 0. The molecule has 0 fully saturated rings. The molecule has 0 bridgehead atoms. The highest BCUT2D eigenvalue weighted by Crippen LogP contribution is 2.38. The second-order valence-electron chi connectivity index (χ2n) is 5.05. The Morgan fingerprint density at radius 3 is 2.23 bits per heavy atom. The van der Waals surface area contributed by atoms with Gasteiger partial charge in [-0.15, -0.1) is 0 Å². The summed E-state index contributed by atoms with van der Waals surface area (Å²) in [5.74, 6) is 1.32. The smallest absolute Gasteiger partial charge is 0.125 e.